The van der Waals surface area contributed by atoms with E-state index in [9.17, 15) is 4.79 Å². The van der Waals surface area contributed by atoms with Gasteiger partial charge in [-0.05, 0) is 29.0 Å². The number of hydrogen-bond acceptors (Lipinski definition) is 5. The molecule has 0 spiro atoms. The summed E-state index contributed by atoms with van der Waals surface area (Å²) >= 11 is 1.81. The normalized spacial score (nSPS) is 14.4. The minimum absolute atomic E-state index is 0.0505. The maximum atomic E-state index is 12.1. The van der Waals surface area contributed by atoms with Gasteiger partial charge in [0.05, 0.1) is 13.7 Å². The van der Waals surface area contributed by atoms with Crippen LogP contribution in [0.3, 0.4) is 0 Å². The number of amides is 1. The highest BCUT2D eigenvalue weighted by Crippen LogP contribution is 2.23. The standard InChI is InChI=1S/C16H19N3O2S/c1-21-16-3-2-12(9-18-16)8-17-15(20)11-19-6-4-14-13(10-19)5-7-22-14/h2-3,5,7,9H,4,6,8,10-11H2,1H3,(H,17,20). The SMILES string of the molecule is COc1ccc(CNC(=O)CN2CCc3sccc3C2)cn1. The highest BCUT2D eigenvalue weighted by atomic mass is 32.1. The smallest absolute Gasteiger partial charge is 0.234 e. The zero-order valence-electron chi connectivity index (χ0n) is 12.5. The third-order valence-corrected chi connectivity index (χ3v) is 4.77. The van der Waals surface area contributed by atoms with Gasteiger partial charge in [-0.3, -0.25) is 9.69 Å². The quantitative estimate of drug-likeness (QED) is 0.914. The minimum atomic E-state index is 0.0505. The van der Waals surface area contributed by atoms with Crippen LogP contribution < -0.4 is 10.1 Å². The summed E-state index contributed by atoms with van der Waals surface area (Å²) in [6, 6.07) is 5.86. The van der Waals surface area contributed by atoms with Crippen molar-refractivity contribution in [1.29, 1.82) is 0 Å². The molecule has 1 aliphatic rings. The van der Waals surface area contributed by atoms with Crippen LogP contribution in [0.2, 0.25) is 0 Å². The van der Waals surface area contributed by atoms with Crippen LogP contribution in [0.15, 0.2) is 29.8 Å². The number of methoxy groups -OCH3 is 1. The van der Waals surface area contributed by atoms with Crippen molar-refractivity contribution in [3.05, 3.63) is 45.8 Å². The number of hydrogen-bond donors (Lipinski definition) is 1. The third kappa shape index (κ3) is 3.64. The van der Waals surface area contributed by atoms with Crippen LogP contribution in [0.5, 0.6) is 5.88 Å². The number of rotatable bonds is 5. The number of carbonyl (C=O) groups excluding carboxylic acids is 1. The van der Waals surface area contributed by atoms with Gasteiger partial charge in [-0.1, -0.05) is 6.07 Å². The zero-order valence-corrected chi connectivity index (χ0v) is 13.4. The first-order valence-electron chi connectivity index (χ1n) is 7.28. The zero-order chi connectivity index (χ0) is 15.4. The van der Waals surface area contributed by atoms with Gasteiger partial charge in [-0.2, -0.15) is 0 Å². The monoisotopic (exact) mass is 317 g/mol. The molecule has 0 saturated heterocycles. The van der Waals surface area contributed by atoms with E-state index in [1.807, 2.05) is 17.4 Å². The van der Waals surface area contributed by atoms with E-state index < -0.39 is 0 Å². The second-order valence-corrected chi connectivity index (χ2v) is 6.32. The van der Waals surface area contributed by atoms with Crippen LogP contribution in [-0.2, 0) is 24.3 Å². The van der Waals surface area contributed by atoms with Crippen LogP contribution in [0.1, 0.15) is 16.0 Å². The molecule has 1 N–H and O–H groups in total. The van der Waals surface area contributed by atoms with Gasteiger partial charge in [-0.15, -0.1) is 11.3 Å². The molecule has 0 fully saturated rings. The summed E-state index contributed by atoms with van der Waals surface area (Å²) in [6.45, 7) is 2.76. The Morgan fingerprint density at radius 1 is 1.45 bits per heavy atom. The Morgan fingerprint density at radius 3 is 3.14 bits per heavy atom. The predicted octanol–water partition coefficient (Wildman–Crippen LogP) is 1.83. The van der Waals surface area contributed by atoms with Crippen molar-refractivity contribution in [3.63, 3.8) is 0 Å². The van der Waals surface area contributed by atoms with E-state index in [0.29, 0.717) is 19.0 Å². The Hall–Kier alpha value is -1.92. The van der Waals surface area contributed by atoms with Crippen molar-refractivity contribution in [2.75, 3.05) is 20.2 Å². The fourth-order valence-corrected chi connectivity index (χ4v) is 3.43. The first kappa shape index (κ1) is 15.0. The Morgan fingerprint density at radius 2 is 2.36 bits per heavy atom. The molecule has 22 heavy (non-hydrogen) atoms. The van der Waals surface area contributed by atoms with E-state index in [2.05, 4.69) is 26.6 Å². The maximum Gasteiger partial charge on any atom is 0.234 e. The van der Waals surface area contributed by atoms with Gasteiger partial charge in [0.2, 0.25) is 11.8 Å². The molecule has 0 saturated carbocycles. The molecular formula is C16H19N3O2S. The van der Waals surface area contributed by atoms with Gasteiger partial charge in [0, 0.05) is 36.8 Å². The average molecular weight is 317 g/mol. The van der Waals surface area contributed by atoms with Crippen LogP contribution >= 0.6 is 11.3 Å². The van der Waals surface area contributed by atoms with Gasteiger partial charge in [0.15, 0.2) is 0 Å². The van der Waals surface area contributed by atoms with Crippen LogP contribution in [0.4, 0.5) is 0 Å². The van der Waals surface area contributed by atoms with E-state index in [1.165, 1.54) is 10.4 Å². The largest absolute Gasteiger partial charge is 0.481 e. The Labute approximate surface area is 133 Å². The summed E-state index contributed by atoms with van der Waals surface area (Å²) in [5, 5.41) is 5.07. The molecule has 116 valence electrons. The van der Waals surface area contributed by atoms with Crippen LogP contribution in [0.25, 0.3) is 0 Å². The van der Waals surface area contributed by atoms with Gasteiger partial charge in [-0.25, -0.2) is 4.98 Å². The highest BCUT2D eigenvalue weighted by molar-refractivity contribution is 7.10. The molecule has 0 unspecified atom stereocenters. The lowest BCUT2D eigenvalue weighted by atomic mass is 10.1. The number of nitrogens with zero attached hydrogens (tertiary/aromatic N) is 2. The number of nitrogens with one attached hydrogen (secondary N) is 1. The fraction of sp³-hybridized carbons (Fsp3) is 0.375. The first-order valence-corrected chi connectivity index (χ1v) is 8.16. The molecule has 0 bridgehead atoms. The molecule has 0 aliphatic carbocycles. The number of pyridine rings is 1. The number of aromatic nitrogens is 1. The molecule has 5 nitrogen and oxygen atoms in total. The van der Waals surface area contributed by atoms with E-state index in [4.69, 9.17) is 4.74 Å². The number of carbonyl (C=O) groups is 1. The fourth-order valence-electron chi connectivity index (χ4n) is 2.54. The van der Waals surface area contributed by atoms with Crippen molar-refractivity contribution in [2.45, 2.75) is 19.5 Å². The summed E-state index contributed by atoms with van der Waals surface area (Å²) in [6.07, 6.45) is 2.76. The molecule has 6 heteroatoms. The second kappa shape index (κ2) is 6.89. The van der Waals surface area contributed by atoms with Gasteiger partial charge in [0.25, 0.3) is 0 Å². The molecule has 2 aromatic rings. The number of ether oxygens (including phenoxy) is 1. The van der Waals surface area contributed by atoms with Crippen LogP contribution in [0, 0.1) is 0 Å². The Balaban J connectivity index is 1.46. The summed E-state index contributed by atoms with van der Waals surface area (Å²) in [7, 11) is 1.58. The summed E-state index contributed by atoms with van der Waals surface area (Å²) in [5.41, 5.74) is 2.33. The molecule has 0 atom stereocenters. The van der Waals surface area contributed by atoms with E-state index >= 15 is 0 Å². The molecule has 0 aromatic carbocycles. The Kier molecular flexibility index (Phi) is 4.70. The molecule has 1 amide bonds. The number of thiophene rings is 1. The molecule has 3 rings (SSSR count). The van der Waals surface area contributed by atoms with Gasteiger partial charge in [0.1, 0.15) is 0 Å². The summed E-state index contributed by atoms with van der Waals surface area (Å²) in [4.78, 5) is 19.8. The molecule has 0 radical (unpaired) electrons. The third-order valence-electron chi connectivity index (χ3n) is 3.75. The Bertz CT molecular complexity index is 639. The summed E-state index contributed by atoms with van der Waals surface area (Å²) in [5.74, 6) is 0.629. The second-order valence-electron chi connectivity index (χ2n) is 5.32. The molecule has 3 heterocycles. The van der Waals surface area contributed by atoms with Crippen molar-refractivity contribution < 1.29 is 9.53 Å². The van der Waals surface area contributed by atoms with Crippen molar-refractivity contribution in [3.8, 4) is 5.88 Å². The summed E-state index contributed by atoms with van der Waals surface area (Å²) < 4.78 is 5.01. The van der Waals surface area contributed by atoms with Gasteiger partial charge < -0.3 is 10.1 Å². The van der Waals surface area contributed by atoms with E-state index in [-0.39, 0.29) is 5.91 Å². The highest BCUT2D eigenvalue weighted by Gasteiger charge is 2.18. The molecule has 2 aromatic heterocycles. The predicted molar refractivity (Wildman–Crippen MR) is 85.9 cm³/mol. The van der Waals surface area contributed by atoms with Crippen molar-refractivity contribution in [1.82, 2.24) is 15.2 Å². The lowest BCUT2D eigenvalue weighted by molar-refractivity contribution is -0.122. The first-order chi connectivity index (χ1) is 10.7. The average Bonchev–Trinajstić information content (AvgIpc) is 3.01. The van der Waals surface area contributed by atoms with E-state index in [1.54, 1.807) is 19.4 Å². The van der Waals surface area contributed by atoms with Crippen LogP contribution in [-0.4, -0.2) is 36.0 Å². The van der Waals surface area contributed by atoms with Crippen molar-refractivity contribution >= 4 is 17.2 Å². The molecular weight excluding hydrogens is 298 g/mol. The lowest BCUT2D eigenvalue weighted by Crippen LogP contribution is -2.39. The molecule has 1 aliphatic heterocycles. The van der Waals surface area contributed by atoms with Crippen molar-refractivity contribution in [2.24, 2.45) is 0 Å². The topological polar surface area (TPSA) is 54.5 Å². The van der Waals surface area contributed by atoms with Gasteiger partial charge >= 0.3 is 0 Å². The lowest BCUT2D eigenvalue weighted by Gasteiger charge is -2.26. The minimum Gasteiger partial charge on any atom is -0.481 e. The number of fused-ring (bicyclic) bond motifs is 1. The maximum absolute atomic E-state index is 12.1. The van der Waals surface area contributed by atoms with E-state index in [0.717, 1.165) is 25.1 Å².